The first kappa shape index (κ1) is 23.9. The lowest BCUT2D eigenvalue weighted by molar-refractivity contribution is -0.135. The molecule has 0 spiro atoms. The zero-order chi connectivity index (χ0) is 23.8. The third kappa shape index (κ3) is 7.10. The van der Waals surface area contributed by atoms with Gasteiger partial charge in [-0.1, -0.05) is 48.0 Å². The average molecular weight is 447 g/mol. The first-order valence-corrected chi connectivity index (χ1v) is 10.8. The van der Waals surface area contributed by atoms with Gasteiger partial charge in [0.2, 0.25) is 5.91 Å². The number of nitrogens with zero attached hydrogens (tertiary/aromatic N) is 1. The lowest BCUT2D eigenvalue weighted by Crippen LogP contribution is -2.37. The number of hydrogen-bond acceptors (Lipinski definition) is 4. The molecule has 3 aromatic carbocycles. The summed E-state index contributed by atoms with van der Waals surface area (Å²) in [7, 11) is 1.58. The van der Waals surface area contributed by atoms with Crippen LogP contribution in [0, 0.1) is 20.8 Å². The van der Waals surface area contributed by atoms with Gasteiger partial charge >= 0.3 is 0 Å². The molecule has 172 valence electrons. The maximum atomic E-state index is 12.4. The van der Waals surface area contributed by atoms with Gasteiger partial charge in [-0.15, -0.1) is 0 Å². The Bertz CT molecular complexity index is 1070. The standard InChI is InChI=1S/C27H30N2O4/c1-19-14-20(2)27(21(3)15-19)28-25(30)16-29(4)26(31)18-33-24-12-10-23(11-13-24)32-17-22-8-6-5-7-9-22/h5-15H,16-18H2,1-4H3,(H,28,30). The molecule has 0 unspecified atom stereocenters. The fourth-order valence-corrected chi connectivity index (χ4v) is 3.49. The second-order valence-corrected chi connectivity index (χ2v) is 8.11. The second-order valence-electron chi connectivity index (χ2n) is 8.11. The smallest absolute Gasteiger partial charge is 0.260 e. The Morgan fingerprint density at radius 1 is 0.848 bits per heavy atom. The summed E-state index contributed by atoms with van der Waals surface area (Å²) >= 11 is 0. The lowest BCUT2D eigenvalue weighted by Gasteiger charge is -2.18. The molecule has 2 amide bonds. The van der Waals surface area contributed by atoms with Crippen molar-refractivity contribution in [2.45, 2.75) is 27.4 Å². The number of carbonyl (C=O) groups is 2. The van der Waals surface area contributed by atoms with Gasteiger partial charge in [0.05, 0.1) is 6.54 Å². The highest BCUT2D eigenvalue weighted by molar-refractivity contribution is 5.95. The molecule has 0 saturated heterocycles. The summed E-state index contributed by atoms with van der Waals surface area (Å²) < 4.78 is 11.3. The minimum absolute atomic E-state index is 0.0544. The topological polar surface area (TPSA) is 67.9 Å². The molecule has 33 heavy (non-hydrogen) atoms. The monoisotopic (exact) mass is 446 g/mol. The van der Waals surface area contributed by atoms with Crippen molar-refractivity contribution in [1.82, 2.24) is 4.90 Å². The molecule has 0 aliphatic heterocycles. The van der Waals surface area contributed by atoms with Gasteiger partial charge in [0.25, 0.3) is 5.91 Å². The molecular formula is C27H30N2O4. The predicted octanol–water partition coefficient (Wildman–Crippen LogP) is 4.67. The van der Waals surface area contributed by atoms with Crippen LogP contribution in [0.1, 0.15) is 22.3 Å². The van der Waals surface area contributed by atoms with E-state index in [0.717, 1.165) is 27.9 Å². The third-order valence-corrected chi connectivity index (χ3v) is 5.18. The molecule has 1 N–H and O–H groups in total. The molecule has 0 heterocycles. The quantitative estimate of drug-likeness (QED) is 0.519. The van der Waals surface area contributed by atoms with E-state index in [9.17, 15) is 9.59 Å². The zero-order valence-corrected chi connectivity index (χ0v) is 19.6. The van der Waals surface area contributed by atoms with Gasteiger partial charge in [0, 0.05) is 12.7 Å². The van der Waals surface area contributed by atoms with E-state index < -0.39 is 0 Å². The van der Waals surface area contributed by atoms with Crippen LogP contribution in [0.15, 0.2) is 66.7 Å². The van der Waals surface area contributed by atoms with Crippen molar-refractivity contribution in [3.05, 3.63) is 89.0 Å². The van der Waals surface area contributed by atoms with Crippen LogP contribution in [0.25, 0.3) is 0 Å². The van der Waals surface area contributed by atoms with Gasteiger partial charge in [-0.2, -0.15) is 0 Å². The summed E-state index contributed by atoms with van der Waals surface area (Å²) in [4.78, 5) is 26.2. The van der Waals surface area contributed by atoms with Crippen LogP contribution >= 0.6 is 0 Å². The maximum absolute atomic E-state index is 12.4. The van der Waals surface area contributed by atoms with E-state index in [1.807, 2.05) is 63.2 Å². The van der Waals surface area contributed by atoms with Crippen LogP contribution in [0.5, 0.6) is 11.5 Å². The summed E-state index contributed by atoms with van der Waals surface area (Å²) in [5, 5.41) is 2.91. The Balaban J connectivity index is 1.44. The number of ether oxygens (including phenoxy) is 2. The molecule has 0 atom stereocenters. The number of carbonyl (C=O) groups excluding carboxylic acids is 2. The Hall–Kier alpha value is -3.80. The first-order valence-electron chi connectivity index (χ1n) is 10.8. The minimum Gasteiger partial charge on any atom is -0.489 e. The van der Waals surface area contributed by atoms with Crippen molar-refractivity contribution in [3.63, 3.8) is 0 Å². The highest BCUT2D eigenvalue weighted by Crippen LogP contribution is 2.22. The van der Waals surface area contributed by atoms with Gasteiger partial charge in [-0.3, -0.25) is 9.59 Å². The SMILES string of the molecule is Cc1cc(C)c(NC(=O)CN(C)C(=O)COc2ccc(OCc3ccccc3)cc2)c(C)c1. The maximum Gasteiger partial charge on any atom is 0.260 e. The molecule has 0 aliphatic rings. The number of nitrogens with one attached hydrogen (secondary N) is 1. The first-order chi connectivity index (χ1) is 15.8. The van der Waals surface area contributed by atoms with Crippen LogP contribution in [0.3, 0.4) is 0 Å². The van der Waals surface area contributed by atoms with Crippen LogP contribution in [0.2, 0.25) is 0 Å². The normalized spacial score (nSPS) is 10.4. The van der Waals surface area contributed by atoms with E-state index >= 15 is 0 Å². The Morgan fingerprint density at radius 2 is 1.42 bits per heavy atom. The molecule has 6 nitrogen and oxygen atoms in total. The average Bonchev–Trinajstić information content (AvgIpc) is 2.79. The fourth-order valence-electron chi connectivity index (χ4n) is 3.49. The molecular weight excluding hydrogens is 416 g/mol. The summed E-state index contributed by atoms with van der Waals surface area (Å²) in [6, 6.07) is 21.0. The minimum atomic E-state index is -0.285. The molecule has 6 heteroatoms. The summed E-state index contributed by atoms with van der Waals surface area (Å²) in [6.45, 7) is 6.20. The molecule has 0 radical (unpaired) electrons. The predicted molar refractivity (Wildman–Crippen MR) is 130 cm³/mol. The van der Waals surface area contributed by atoms with E-state index in [1.165, 1.54) is 4.90 Å². The highest BCUT2D eigenvalue weighted by atomic mass is 16.5. The van der Waals surface area contributed by atoms with E-state index in [2.05, 4.69) is 5.32 Å². The number of benzene rings is 3. The fraction of sp³-hybridized carbons (Fsp3) is 0.259. The Kier molecular flexibility index (Phi) is 8.08. The zero-order valence-electron chi connectivity index (χ0n) is 19.6. The lowest BCUT2D eigenvalue weighted by atomic mass is 10.1. The number of rotatable bonds is 9. The molecule has 0 fully saturated rings. The Labute approximate surface area is 195 Å². The van der Waals surface area contributed by atoms with E-state index in [0.29, 0.717) is 18.1 Å². The van der Waals surface area contributed by atoms with Crippen LogP contribution in [-0.4, -0.2) is 36.9 Å². The number of aryl methyl sites for hydroxylation is 3. The number of hydrogen-bond donors (Lipinski definition) is 1. The van der Waals surface area contributed by atoms with Crippen LogP contribution < -0.4 is 14.8 Å². The van der Waals surface area contributed by atoms with Crippen molar-refractivity contribution in [3.8, 4) is 11.5 Å². The number of likely N-dealkylation sites (N-methyl/N-ethyl adjacent to an activating group) is 1. The van der Waals surface area contributed by atoms with Gasteiger partial charge in [-0.25, -0.2) is 0 Å². The van der Waals surface area contributed by atoms with Gasteiger partial charge in [0.15, 0.2) is 6.61 Å². The van der Waals surface area contributed by atoms with Gasteiger partial charge < -0.3 is 19.7 Å². The molecule has 0 bridgehead atoms. The van der Waals surface area contributed by atoms with Crippen molar-refractivity contribution in [2.75, 3.05) is 25.5 Å². The van der Waals surface area contributed by atoms with E-state index in [-0.39, 0.29) is 25.0 Å². The van der Waals surface area contributed by atoms with E-state index in [1.54, 1.807) is 31.3 Å². The van der Waals surface area contributed by atoms with Crippen molar-refractivity contribution < 1.29 is 19.1 Å². The molecule has 3 rings (SSSR count). The number of amides is 2. The molecule has 3 aromatic rings. The van der Waals surface area contributed by atoms with Crippen molar-refractivity contribution in [1.29, 1.82) is 0 Å². The number of anilines is 1. The summed E-state index contributed by atoms with van der Waals surface area (Å²) in [6.07, 6.45) is 0. The molecule has 0 aromatic heterocycles. The van der Waals surface area contributed by atoms with Crippen LogP contribution in [0.4, 0.5) is 5.69 Å². The molecule has 0 aliphatic carbocycles. The van der Waals surface area contributed by atoms with Crippen molar-refractivity contribution in [2.24, 2.45) is 0 Å². The molecule has 0 saturated carbocycles. The Morgan fingerprint density at radius 3 is 2.03 bits per heavy atom. The third-order valence-electron chi connectivity index (χ3n) is 5.18. The summed E-state index contributed by atoms with van der Waals surface area (Å²) in [5.41, 5.74) is 5.01. The van der Waals surface area contributed by atoms with Gasteiger partial charge in [0.1, 0.15) is 18.1 Å². The van der Waals surface area contributed by atoms with Gasteiger partial charge in [-0.05, 0) is 61.7 Å². The second kappa shape index (κ2) is 11.2. The van der Waals surface area contributed by atoms with Crippen molar-refractivity contribution >= 4 is 17.5 Å². The van der Waals surface area contributed by atoms with E-state index in [4.69, 9.17) is 9.47 Å². The largest absolute Gasteiger partial charge is 0.489 e. The van der Waals surface area contributed by atoms with Crippen LogP contribution in [-0.2, 0) is 16.2 Å². The highest BCUT2D eigenvalue weighted by Gasteiger charge is 2.15. The summed E-state index contributed by atoms with van der Waals surface area (Å²) in [5.74, 6) is 0.736.